The topological polar surface area (TPSA) is 68.5 Å². The fourth-order valence-corrected chi connectivity index (χ4v) is 3.47. The van der Waals surface area contributed by atoms with Crippen LogP contribution in [-0.2, 0) is 11.3 Å². The number of benzene rings is 3. The van der Waals surface area contributed by atoms with Crippen LogP contribution in [-0.4, -0.2) is 28.0 Å². The van der Waals surface area contributed by atoms with Crippen molar-refractivity contribution in [3.05, 3.63) is 89.6 Å². The molecule has 150 valence electrons. The molecule has 6 heteroatoms. The van der Waals surface area contributed by atoms with Crippen LogP contribution in [0.4, 0.5) is 0 Å². The standard InChI is InChI=1S/C24H18ClNO4/c25-20-3-1-2-17(13-20)16-4-7-22(8-5-16)30-15-21(27)14-26-11-10-18-12-19(24(28)29)6-9-23(18)26/h1-13H,14-15H2,(H,28,29). The highest BCUT2D eigenvalue weighted by Crippen LogP contribution is 2.25. The van der Waals surface area contributed by atoms with Crippen molar-refractivity contribution in [2.45, 2.75) is 6.54 Å². The average molecular weight is 420 g/mol. The van der Waals surface area contributed by atoms with Gasteiger partial charge in [-0.05, 0) is 59.7 Å². The number of ketones is 1. The maximum absolute atomic E-state index is 12.4. The first-order valence-electron chi connectivity index (χ1n) is 9.32. The predicted octanol–water partition coefficient (Wildman–Crippen LogP) is 5.31. The van der Waals surface area contributed by atoms with Gasteiger partial charge in [-0.15, -0.1) is 0 Å². The highest BCUT2D eigenvalue weighted by atomic mass is 35.5. The van der Waals surface area contributed by atoms with E-state index in [9.17, 15) is 9.59 Å². The van der Waals surface area contributed by atoms with Crippen LogP contribution in [0.25, 0.3) is 22.0 Å². The van der Waals surface area contributed by atoms with E-state index < -0.39 is 5.97 Å². The summed E-state index contributed by atoms with van der Waals surface area (Å²) in [6, 6.07) is 21.7. The fourth-order valence-electron chi connectivity index (χ4n) is 3.28. The molecule has 30 heavy (non-hydrogen) atoms. The molecule has 4 aromatic rings. The van der Waals surface area contributed by atoms with Crippen molar-refractivity contribution in [1.29, 1.82) is 0 Å². The summed E-state index contributed by atoms with van der Waals surface area (Å²) in [5.41, 5.74) is 3.04. The third-order valence-electron chi connectivity index (χ3n) is 4.78. The van der Waals surface area contributed by atoms with E-state index in [-0.39, 0.29) is 24.5 Å². The molecule has 0 radical (unpaired) electrons. The van der Waals surface area contributed by atoms with Crippen molar-refractivity contribution in [1.82, 2.24) is 4.57 Å². The van der Waals surface area contributed by atoms with Crippen molar-refractivity contribution in [3.8, 4) is 16.9 Å². The number of nitrogens with zero attached hydrogens (tertiary/aromatic N) is 1. The molecule has 4 rings (SSSR count). The molecule has 0 aliphatic carbocycles. The number of Topliss-reactive ketones (excluding diaryl/α,β-unsaturated/α-hetero) is 1. The molecule has 0 spiro atoms. The number of carbonyl (C=O) groups is 2. The third-order valence-corrected chi connectivity index (χ3v) is 5.01. The maximum atomic E-state index is 12.4. The summed E-state index contributed by atoms with van der Waals surface area (Å²) in [5.74, 6) is -0.457. The lowest BCUT2D eigenvalue weighted by molar-refractivity contribution is -0.121. The SMILES string of the molecule is O=C(COc1ccc(-c2cccc(Cl)c2)cc1)Cn1ccc2cc(C(=O)O)ccc21. The van der Waals surface area contributed by atoms with Crippen LogP contribution in [0, 0.1) is 0 Å². The molecule has 0 saturated carbocycles. The number of carbonyl (C=O) groups excluding carboxylic acids is 1. The third kappa shape index (κ3) is 4.36. The predicted molar refractivity (Wildman–Crippen MR) is 116 cm³/mol. The summed E-state index contributed by atoms with van der Waals surface area (Å²) < 4.78 is 7.41. The van der Waals surface area contributed by atoms with Crippen molar-refractivity contribution < 1.29 is 19.4 Å². The second kappa shape index (κ2) is 8.43. The molecule has 1 N–H and O–H groups in total. The second-order valence-electron chi connectivity index (χ2n) is 6.88. The molecule has 1 aromatic heterocycles. The van der Waals surface area contributed by atoms with E-state index in [1.54, 1.807) is 29.0 Å². The number of carboxylic acids is 1. The Morgan fingerprint density at radius 1 is 0.933 bits per heavy atom. The van der Waals surface area contributed by atoms with Gasteiger partial charge in [0.1, 0.15) is 12.4 Å². The van der Waals surface area contributed by atoms with Gasteiger partial charge in [0.05, 0.1) is 12.1 Å². The molecule has 0 amide bonds. The minimum atomic E-state index is -0.976. The molecule has 0 aliphatic heterocycles. The summed E-state index contributed by atoms with van der Waals surface area (Å²) in [4.78, 5) is 23.5. The Hall–Kier alpha value is -3.57. The lowest BCUT2D eigenvalue weighted by Crippen LogP contribution is -2.17. The highest BCUT2D eigenvalue weighted by Gasteiger charge is 2.10. The van der Waals surface area contributed by atoms with Gasteiger partial charge in [0, 0.05) is 22.1 Å². The second-order valence-corrected chi connectivity index (χ2v) is 7.32. The molecule has 0 fully saturated rings. The van der Waals surface area contributed by atoms with Gasteiger partial charge in [0.2, 0.25) is 0 Å². The van der Waals surface area contributed by atoms with E-state index >= 15 is 0 Å². The maximum Gasteiger partial charge on any atom is 0.335 e. The Bertz CT molecular complexity index is 1230. The normalized spacial score (nSPS) is 10.8. The van der Waals surface area contributed by atoms with E-state index in [1.807, 2.05) is 48.5 Å². The number of halogens is 1. The number of hydrogen-bond acceptors (Lipinski definition) is 3. The van der Waals surface area contributed by atoms with E-state index in [0.29, 0.717) is 10.8 Å². The Morgan fingerprint density at radius 3 is 2.47 bits per heavy atom. The Morgan fingerprint density at radius 2 is 1.73 bits per heavy atom. The first-order chi connectivity index (χ1) is 14.5. The molecule has 0 bridgehead atoms. The van der Waals surface area contributed by atoms with Gasteiger partial charge < -0.3 is 14.4 Å². The van der Waals surface area contributed by atoms with Crippen molar-refractivity contribution in [2.75, 3.05) is 6.61 Å². The number of ether oxygens (including phenoxy) is 1. The minimum absolute atomic E-state index is 0.0522. The van der Waals surface area contributed by atoms with Gasteiger partial charge >= 0.3 is 5.97 Å². The zero-order chi connectivity index (χ0) is 21.1. The molecule has 5 nitrogen and oxygen atoms in total. The lowest BCUT2D eigenvalue weighted by atomic mass is 10.1. The van der Waals surface area contributed by atoms with Crippen LogP contribution in [0.5, 0.6) is 5.75 Å². The van der Waals surface area contributed by atoms with Crippen LogP contribution >= 0.6 is 11.6 Å². The first kappa shape index (κ1) is 19.7. The molecule has 0 saturated heterocycles. The molecule has 3 aromatic carbocycles. The fraction of sp³-hybridized carbons (Fsp3) is 0.0833. The van der Waals surface area contributed by atoms with Gasteiger partial charge in [-0.1, -0.05) is 35.9 Å². The van der Waals surface area contributed by atoms with Crippen molar-refractivity contribution in [3.63, 3.8) is 0 Å². The summed E-state index contributed by atoms with van der Waals surface area (Å²) in [6.45, 7) is 0.0971. The summed E-state index contributed by atoms with van der Waals surface area (Å²) in [7, 11) is 0. The first-order valence-corrected chi connectivity index (χ1v) is 9.70. The molecule has 0 atom stereocenters. The van der Waals surface area contributed by atoms with Crippen LogP contribution in [0.3, 0.4) is 0 Å². The Kier molecular flexibility index (Phi) is 5.55. The summed E-state index contributed by atoms with van der Waals surface area (Å²) in [6.07, 6.45) is 1.77. The quantitative estimate of drug-likeness (QED) is 0.441. The Balaban J connectivity index is 1.38. The summed E-state index contributed by atoms with van der Waals surface area (Å²) >= 11 is 6.04. The number of fused-ring (bicyclic) bond motifs is 1. The van der Waals surface area contributed by atoms with Crippen LogP contribution < -0.4 is 4.74 Å². The van der Waals surface area contributed by atoms with E-state index in [2.05, 4.69) is 0 Å². The van der Waals surface area contributed by atoms with Crippen molar-refractivity contribution >= 4 is 34.3 Å². The summed E-state index contributed by atoms with van der Waals surface area (Å²) in [5, 5.41) is 10.5. The number of rotatable bonds is 7. The van der Waals surface area contributed by atoms with Crippen LogP contribution in [0.1, 0.15) is 10.4 Å². The monoisotopic (exact) mass is 419 g/mol. The number of carboxylic acid groups (broad SMARTS) is 1. The van der Waals surface area contributed by atoms with Gasteiger partial charge in [-0.2, -0.15) is 0 Å². The Labute approximate surface area is 178 Å². The van der Waals surface area contributed by atoms with Gasteiger partial charge in [0.25, 0.3) is 0 Å². The smallest absolute Gasteiger partial charge is 0.335 e. The van der Waals surface area contributed by atoms with Gasteiger partial charge in [-0.25, -0.2) is 4.79 Å². The molecular formula is C24H18ClNO4. The molecule has 0 unspecified atom stereocenters. The average Bonchev–Trinajstić information content (AvgIpc) is 3.14. The number of hydrogen-bond donors (Lipinski definition) is 1. The number of aromatic nitrogens is 1. The van der Waals surface area contributed by atoms with Gasteiger partial charge in [-0.3, -0.25) is 4.79 Å². The van der Waals surface area contributed by atoms with E-state index in [1.165, 1.54) is 6.07 Å². The largest absolute Gasteiger partial charge is 0.486 e. The van der Waals surface area contributed by atoms with E-state index in [4.69, 9.17) is 21.4 Å². The molecular weight excluding hydrogens is 402 g/mol. The molecule has 0 aliphatic rings. The molecule has 1 heterocycles. The van der Waals surface area contributed by atoms with Crippen LogP contribution in [0.15, 0.2) is 79.0 Å². The zero-order valence-corrected chi connectivity index (χ0v) is 16.7. The minimum Gasteiger partial charge on any atom is -0.486 e. The van der Waals surface area contributed by atoms with Crippen molar-refractivity contribution in [2.24, 2.45) is 0 Å². The lowest BCUT2D eigenvalue weighted by Gasteiger charge is -2.09. The number of aromatic carboxylic acids is 1. The zero-order valence-electron chi connectivity index (χ0n) is 15.9. The van der Waals surface area contributed by atoms with E-state index in [0.717, 1.165) is 22.0 Å². The van der Waals surface area contributed by atoms with Gasteiger partial charge in [0.15, 0.2) is 5.78 Å². The highest BCUT2D eigenvalue weighted by molar-refractivity contribution is 6.30. The van der Waals surface area contributed by atoms with Crippen LogP contribution in [0.2, 0.25) is 5.02 Å².